The van der Waals surface area contributed by atoms with Gasteiger partial charge in [-0.1, -0.05) is 6.07 Å². The van der Waals surface area contributed by atoms with Gasteiger partial charge in [-0.15, -0.1) is 0 Å². The Morgan fingerprint density at radius 1 is 0.929 bits per heavy atom. The molecule has 0 saturated heterocycles. The van der Waals surface area contributed by atoms with Crippen molar-refractivity contribution in [2.24, 2.45) is 0 Å². The molecule has 0 radical (unpaired) electrons. The van der Waals surface area contributed by atoms with Crippen LogP contribution in [0.1, 0.15) is 12.5 Å². The summed E-state index contributed by atoms with van der Waals surface area (Å²) in [5.41, 5.74) is 0.850. The quantitative estimate of drug-likeness (QED) is 0.578. The monoisotopic (exact) mass is 387 g/mol. The van der Waals surface area contributed by atoms with Crippen molar-refractivity contribution in [2.75, 3.05) is 16.0 Å². The van der Waals surface area contributed by atoms with Crippen LogP contribution in [0, 0.1) is 0 Å². The highest BCUT2D eigenvalue weighted by molar-refractivity contribution is 5.88. The van der Waals surface area contributed by atoms with Crippen LogP contribution in [0.4, 0.5) is 42.0 Å². The second kappa shape index (κ2) is 7.95. The molecule has 0 aliphatic heterocycles. The summed E-state index contributed by atoms with van der Waals surface area (Å²) in [7, 11) is 0. The van der Waals surface area contributed by atoms with Gasteiger partial charge in [-0.2, -0.15) is 18.2 Å². The molecule has 9 heteroatoms. The Hall–Kier alpha value is -3.62. The van der Waals surface area contributed by atoms with Gasteiger partial charge < -0.3 is 16.0 Å². The number of aromatic nitrogens is 2. The first kappa shape index (κ1) is 19.2. The summed E-state index contributed by atoms with van der Waals surface area (Å²) in [6.45, 7) is 1.42. The molecule has 6 nitrogen and oxygen atoms in total. The average molecular weight is 387 g/mol. The maximum absolute atomic E-state index is 12.8. The van der Waals surface area contributed by atoms with E-state index in [0.717, 1.165) is 17.8 Å². The van der Waals surface area contributed by atoms with Crippen molar-refractivity contribution < 1.29 is 18.0 Å². The molecule has 0 bridgehead atoms. The number of anilines is 5. The molecular weight excluding hydrogens is 371 g/mol. The van der Waals surface area contributed by atoms with E-state index in [1.807, 2.05) is 0 Å². The molecular formula is C19H16F3N5O. The van der Waals surface area contributed by atoms with Gasteiger partial charge in [-0.3, -0.25) is 4.79 Å². The molecule has 0 aliphatic rings. The number of rotatable bonds is 5. The third kappa shape index (κ3) is 5.19. The van der Waals surface area contributed by atoms with Gasteiger partial charge in [0.1, 0.15) is 5.82 Å². The Bertz CT molecular complexity index is 974. The van der Waals surface area contributed by atoms with Crippen molar-refractivity contribution in [1.29, 1.82) is 0 Å². The number of carbonyl (C=O) groups excluding carboxylic acids is 1. The van der Waals surface area contributed by atoms with Crippen molar-refractivity contribution >= 4 is 34.7 Å². The first-order chi connectivity index (χ1) is 13.3. The lowest BCUT2D eigenvalue weighted by Gasteiger charge is -2.11. The van der Waals surface area contributed by atoms with Crippen LogP contribution in [0.15, 0.2) is 60.8 Å². The van der Waals surface area contributed by atoms with Gasteiger partial charge in [0.15, 0.2) is 0 Å². The van der Waals surface area contributed by atoms with Gasteiger partial charge in [0, 0.05) is 30.2 Å². The number of nitrogens with zero attached hydrogens (tertiary/aromatic N) is 2. The predicted octanol–water partition coefficient (Wildman–Crippen LogP) is 4.94. The fraction of sp³-hybridized carbons (Fsp3) is 0.105. The Balaban J connectivity index is 1.71. The SMILES string of the molecule is CC(=O)Nc1ccc(Nc2ccnc(Nc3cccc(C(F)(F)F)c3)n2)cc1. The number of nitrogens with one attached hydrogen (secondary N) is 3. The molecule has 3 rings (SSSR count). The summed E-state index contributed by atoms with van der Waals surface area (Å²) in [6.07, 6.45) is -2.94. The first-order valence-electron chi connectivity index (χ1n) is 8.21. The minimum Gasteiger partial charge on any atom is -0.340 e. The van der Waals surface area contributed by atoms with Gasteiger partial charge in [-0.25, -0.2) is 4.98 Å². The highest BCUT2D eigenvalue weighted by Gasteiger charge is 2.30. The average Bonchev–Trinajstić information content (AvgIpc) is 2.63. The number of hydrogen-bond acceptors (Lipinski definition) is 5. The Labute approximate surface area is 158 Å². The third-order valence-electron chi connectivity index (χ3n) is 3.58. The van der Waals surface area contributed by atoms with Crippen LogP contribution in [-0.4, -0.2) is 15.9 Å². The molecule has 0 aliphatic carbocycles. The van der Waals surface area contributed by atoms with Crippen LogP contribution >= 0.6 is 0 Å². The van der Waals surface area contributed by atoms with E-state index >= 15 is 0 Å². The van der Waals surface area contributed by atoms with Crippen molar-refractivity contribution in [3.8, 4) is 0 Å². The van der Waals surface area contributed by atoms with Crippen LogP contribution < -0.4 is 16.0 Å². The largest absolute Gasteiger partial charge is 0.416 e. The second-order valence-electron chi connectivity index (χ2n) is 5.85. The van der Waals surface area contributed by atoms with Gasteiger partial charge >= 0.3 is 6.18 Å². The topological polar surface area (TPSA) is 78.9 Å². The lowest BCUT2D eigenvalue weighted by molar-refractivity contribution is -0.137. The van der Waals surface area contributed by atoms with E-state index in [9.17, 15) is 18.0 Å². The smallest absolute Gasteiger partial charge is 0.340 e. The molecule has 3 aromatic rings. The Morgan fingerprint density at radius 2 is 1.64 bits per heavy atom. The summed E-state index contributed by atoms with van der Waals surface area (Å²) in [4.78, 5) is 19.3. The van der Waals surface area contributed by atoms with Crippen molar-refractivity contribution in [1.82, 2.24) is 9.97 Å². The van der Waals surface area contributed by atoms with E-state index in [4.69, 9.17) is 0 Å². The molecule has 144 valence electrons. The number of alkyl halides is 3. The predicted molar refractivity (Wildman–Crippen MR) is 101 cm³/mol. The fourth-order valence-corrected chi connectivity index (χ4v) is 2.38. The van der Waals surface area contributed by atoms with E-state index in [2.05, 4.69) is 25.9 Å². The number of hydrogen-bond donors (Lipinski definition) is 3. The second-order valence-corrected chi connectivity index (χ2v) is 5.85. The molecule has 1 heterocycles. The van der Waals surface area contributed by atoms with Gasteiger partial charge in [0.2, 0.25) is 11.9 Å². The molecule has 1 amide bonds. The maximum Gasteiger partial charge on any atom is 0.416 e. The number of amides is 1. The van der Waals surface area contributed by atoms with Gasteiger partial charge in [-0.05, 0) is 48.5 Å². The van der Waals surface area contributed by atoms with Crippen LogP contribution in [0.5, 0.6) is 0 Å². The summed E-state index contributed by atoms with van der Waals surface area (Å²) in [5.74, 6) is 0.442. The van der Waals surface area contributed by atoms with Crippen molar-refractivity contribution in [2.45, 2.75) is 13.1 Å². The minimum atomic E-state index is -4.43. The van der Waals surface area contributed by atoms with Crippen molar-refractivity contribution in [3.05, 3.63) is 66.4 Å². The van der Waals surface area contributed by atoms with Gasteiger partial charge in [0.05, 0.1) is 5.56 Å². The Morgan fingerprint density at radius 3 is 2.32 bits per heavy atom. The zero-order valence-electron chi connectivity index (χ0n) is 14.7. The molecule has 0 atom stereocenters. The number of carbonyl (C=O) groups is 1. The fourth-order valence-electron chi connectivity index (χ4n) is 2.38. The molecule has 0 spiro atoms. The normalized spacial score (nSPS) is 11.0. The van der Waals surface area contributed by atoms with E-state index in [-0.39, 0.29) is 17.5 Å². The highest BCUT2D eigenvalue weighted by Crippen LogP contribution is 2.31. The molecule has 2 aromatic carbocycles. The van der Waals surface area contributed by atoms with E-state index in [0.29, 0.717) is 11.5 Å². The molecule has 1 aromatic heterocycles. The lowest BCUT2D eigenvalue weighted by Crippen LogP contribution is -2.06. The molecule has 0 saturated carbocycles. The first-order valence-corrected chi connectivity index (χ1v) is 8.21. The van der Waals surface area contributed by atoms with Crippen LogP contribution in [0.2, 0.25) is 0 Å². The van der Waals surface area contributed by atoms with E-state index in [1.54, 1.807) is 30.3 Å². The van der Waals surface area contributed by atoms with Crippen molar-refractivity contribution in [3.63, 3.8) is 0 Å². The lowest BCUT2D eigenvalue weighted by atomic mass is 10.2. The number of halogens is 3. The highest BCUT2D eigenvalue weighted by atomic mass is 19.4. The molecule has 0 unspecified atom stereocenters. The molecule has 3 N–H and O–H groups in total. The maximum atomic E-state index is 12.8. The zero-order valence-corrected chi connectivity index (χ0v) is 14.7. The van der Waals surface area contributed by atoms with Crippen LogP contribution in [-0.2, 0) is 11.0 Å². The summed E-state index contributed by atoms with van der Waals surface area (Å²) >= 11 is 0. The van der Waals surface area contributed by atoms with Crippen LogP contribution in [0.25, 0.3) is 0 Å². The zero-order chi connectivity index (χ0) is 20.1. The van der Waals surface area contributed by atoms with E-state index < -0.39 is 11.7 Å². The standard InChI is InChI=1S/C19H16F3N5O/c1-12(28)24-14-5-7-15(8-6-14)25-17-9-10-23-18(27-17)26-16-4-2-3-13(11-16)19(20,21)22/h2-11H,1H3,(H,24,28)(H2,23,25,26,27). The molecule has 28 heavy (non-hydrogen) atoms. The summed E-state index contributed by atoms with van der Waals surface area (Å²) in [6, 6.07) is 13.4. The molecule has 0 fully saturated rings. The summed E-state index contributed by atoms with van der Waals surface area (Å²) < 4.78 is 38.5. The Kier molecular flexibility index (Phi) is 5.44. The van der Waals surface area contributed by atoms with Crippen LogP contribution in [0.3, 0.4) is 0 Å². The van der Waals surface area contributed by atoms with Gasteiger partial charge in [0.25, 0.3) is 0 Å². The van der Waals surface area contributed by atoms with E-state index in [1.165, 1.54) is 25.3 Å². The third-order valence-corrected chi connectivity index (χ3v) is 3.58. The number of benzene rings is 2. The summed E-state index contributed by atoms with van der Waals surface area (Å²) in [5, 5.41) is 8.49. The minimum absolute atomic E-state index is 0.152.